The van der Waals surface area contributed by atoms with E-state index in [0.717, 1.165) is 28.1 Å². The Morgan fingerprint density at radius 2 is 1.90 bits per heavy atom. The lowest BCUT2D eigenvalue weighted by Gasteiger charge is -2.07. The van der Waals surface area contributed by atoms with Gasteiger partial charge in [-0.15, -0.1) is 0 Å². The molecule has 0 unspecified atom stereocenters. The smallest absolute Gasteiger partial charge is 0.152 e. The summed E-state index contributed by atoms with van der Waals surface area (Å²) in [7, 11) is 1.63. The lowest BCUT2D eigenvalue weighted by molar-refractivity contribution is 0.416. The van der Waals surface area contributed by atoms with Gasteiger partial charge in [-0.05, 0) is 37.6 Å². The summed E-state index contributed by atoms with van der Waals surface area (Å²) in [5.41, 5.74) is 4.97. The molecule has 4 heteroatoms. The van der Waals surface area contributed by atoms with Crippen molar-refractivity contribution in [3.63, 3.8) is 0 Å². The standard InChI is InChI=1S/C17H15N3O/c1-11-4-6-15(21-3)13(8-11)17-14(9-18)20-10-12(2)5-7-16(20)19-17/h4-8,10H,1-3H3. The van der Waals surface area contributed by atoms with Gasteiger partial charge in [-0.3, -0.25) is 4.40 Å². The van der Waals surface area contributed by atoms with Gasteiger partial charge in [0.25, 0.3) is 0 Å². The third-order valence-electron chi connectivity index (χ3n) is 3.48. The molecule has 0 aliphatic carbocycles. The number of hydrogen-bond donors (Lipinski definition) is 0. The van der Waals surface area contributed by atoms with Gasteiger partial charge < -0.3 is 4.74 Å². The van der Waals surface area contributed by atoms with Crippen LogP contribution in [0, 0.1) is 25.2 Å². The van der Waals surface area contributed by atoms with Crippen LogP contribution in [0.5, 0.6) is 5.75 Å². The Labute approximate surface area is 123 Å². The fourth-order valence-electron chi connectivity index (χ4n) is 2.45. The van der Waals surface area contributed by atoms with E-state index in [1.807, 2.05) is 54.8 Å². The molecule has 0 aliphatic rings. The third kappa shape index (κ3) is 2.13. The molecule has 3 rings (SSSR count). The van der Waals surface area contributed by atoms with Crippen molar-refractivity contribution in [2.45, 2.75) is 13.8 Å². The van der Waals surface area contributed by atoms with E-state index in [0.29, 0.717) is 11.4 Å². The number of pyridine rings is 1. The van der Waals surface area contributed by atoms with Gasteiger partial charge >= 0.3 is 0 Å². The number of nitrogens with zero attached hydrogens (tertiary/aromatic N) is 3. The highest BCUT2D eigenvalue weighted by Crippen LogP contribution is 2.33. The Morgan fingerprint density at radius 1 is 1.14 bits per heavy atom. The fourth-order valence-corrected chi connectivity index (χ4v) is 2.45. The number of hydrogen-bond acceptors (Lipinski definition) is 3. The fraction of sp³-hybridized carbons (Fsp3) is 0.176. The Hall–Kier alpha value is -2.80. The van der Waals surface area contributed by atoms with E-state index >= 15 is 0 Å². The quantitative estimate of drug-likeness (QED) is 0.720. The van der Waals surface area contributed by atoms with Gasteiger partial charge in [0, 0.05) is 11.8 Å². The van der Waals surface area contributed by atoms with Crippen LogP contribution in [-0.4, -0.2) is 16.5 Å². The summed E-state index contributed by atoms with van der Waals surface area (Å²) < 4.78 is 7.24. The summed E-state index contributed by atoms with van der Waals surface area (Å²) in [6.07, 6.45) is 1.92. The van der Waals surface area contributed by atoms with Crippen LogP contribution >= 0.6 is 0 Å². The zero-order valence-electron chi connectivity index (χ0n) is 12.2. The summed E-state index contributed by atoms with van der Waals surface area (Å²) in [6.45, 7) is 4.00. The van der Waals surface area contributed by atoms with Crippen molar-refractivity contribution >= 4 is 5.65 Å². The SMILES string of the molecule is COc1ccc(C)cc1-c1nc2ccc(C)cn2c1C#N. The number of aromatic nitrogens is 2. The van der Waals surface area contributed by atoms with Gasteiger partial charge in [-0.2, -0.15) is 5.26 Å². The van der Waals surface area contributed by atoms with Crippen molar-refractivity contribution in [2.75, 3.05) is 7.11 Å². The molecule has 0 amide bonds. The molecule has 0 spiro atoms. The molecule has 0 radical (unpaired) electrons. The molecule has 0 saturated carbocycles. The number of nitriles is 1. The molecule has 104 valence electrons. The van der Waals surface area contributed by atoms with E-state index in [4.69, 9.17) is 4.74 Å². The lowest BCUT2D eigenvalue weighted by atomic mass is 10.1. The van der Waals surface area contributed by atoms with E-state index in [9.17, 15) is 5.26 Å². The second-order valence-corrected chi connectivity index (χ2v) is 5.06. The van der Waals surface area contributed by atoms with E-state index in [1.165, 1.54) is 0 Å². The van der Waals surface area contributed by atoms with Crippen molar-refractivity contribution in [3.8, 4) is 23.1 Å². The summed E-state index contributed by atoms with van der Waals surface area (Å²) in [5, 5.41) is 9.54. The maximum Gasteiger partial charge on any atom is 0.152 e. The van der Waals surface area contributed by atoms with Crippen LogP contribution in [0.3, 0.4) is 0 Å². The van der Waals surface area contributed by atoms with E-state index < -0.39 is 0 Å². The van der Waals surface area contributed by atoms with E-state index in [-0.39, 0.29) is 0 Å². The number of methoxy groups -OCH3 is 1. The topological polar surface area (TPSA) is 50.3 Å². The van der Waals surface area contributed by atoms with Crippen LogP contribution in [0.1, 0.15) is 16.8 Å². The number of rotatable bonds is 2. The van der Waals surface area contributed by atoms with Gasteiger partial charge in [0.15, 0.2) is 5.69 Å². The molecule has 0 fully saturated rings. The normalized spacial score (nSPS) is 10.6. The van der Waals surface area contributed by atoms with Gasteiger partial charge in [-0.1, -0.05) is 17.7 Å². The molecule has 0 aliphatic heterocycles. The first-order valence-electron chi connectivity index (χ1n) is 6.68. The molecule has 0 N–H and O–H groups in total. The number of imidazole rings is 1. The number of aryl methyl sites for hydroxylation is 2. The third-order valence-corrected chi connectivity index (χ3v) is 3.48. The molecular formula is C17H15N3O. The second kappa shape index (κ2) is 4.95. The summed E-state index contributed by atoms with van der Waals surface area (Å²) in [4.78, 5) is 4.61. The van der Waals surface area contributed by atoms with Gasteiger partial charge in [-0.25, -0.2) is 4.98 Å². The summed E-state index contributed by atoms with van der Waals surface area (Å²) in [6, 6.07) is 12.0. The first-order valence-corrected chi connectivity index (χ1v) is 6.68. The minimum atomic E-state index is 0.526. The minimum absolute atomic E-state index is 0.526. The average molecular weight is 277 g/mol. The summed E-state index contributed by atoms with van der Waals surface area (Å²) >= 11 is 0. The molecule has 21 heavy (non-hydrogen) atoms. The largest absolute Gasteiger partial charge is 0.496 e. The number of ether oxygens (including phenoxy) is 1. The second-order valence-electron chi connectivity index (χ2n) is 5.06. The molecule has 2 heterocycles. The lowest BCUT2D eigenvalue weighted by Crippen LogP contribution is -1.92. The van der Waals surface area contributed by atoms with Crippen LogP contribution in [0.4, 0.5) is 0 Å². The van der Waals surface area contributed by atoms with E-state index in [2.05, 4.69) is 11.1 Å². The Balaban J connectivity index is 2.35. The maximum absolute atomic E-state index is 9.54. The number of fused-ring (bicyclic) bond motifs is 1. The zero-order valence-corrected chi connectivity index (χ0v) is 12.2. The molecule has 3 aromatic rings. The molecule has 0 saturated heterocycles. The Morgan fingerprint density at radius 3 is 2.62 bits per heavy atom. The highest BCUT2D eigenvalue weighted by atomic mass is 16.5. The van der Waals surface area contributed by atoms with Crippen LogP contribution in [-0.2, 0) is 0 Å². The molecule has 4 nitrogen and oxygen atoms in total. The van der Waals surface area contributed by atoms with Crippen molar-refractivity contribution in [1.82, 2.24) is 9.38 Å². The Kier molecular flexibility index (Phi) is 3.11. The van der Waals surface area contributed by atoms with Crippen molar-refractivity contribution in [3.05, 3.63) is 53.3 Å². The zero-order chi connectivity index (χ0) is 15.0. The molecule has 0 atom stereocenters. The predicted molar refractivity (Wildman–Crippen MR) is 81.4 cm³/mol. The molecule has 0 bridgehead atoms. The molecular weight excluding hydrogens is 262 g/mol. The minimum Gasteiger partial charge on any atom is -0.496 e. The van der Waals surface area contributed by atoms with Gasteiger partial charge in [0.1, 0.15) is 23.2 Å². The highest BCUT2D eigenvalue weighted by molar-refractivity contribution is 5.75. The van der Waals surface area contributed by atoms with Crippen molar-refractivity contribution in [1.29, 1.82) is 5.26 Å². The monoisotopic (exact) mass is 277 g/mol. The van der Waals surface area contributed by atoms with Crippen molar-refractivity contribution < 1.29 is 4.74 Å². The Bertz CT molecular complexity index is 872. The van der Waals surface area contributed by atoms with Crippen LogP contribution < -0.4 is 4.74 Å². The summed E-state index contributed by atoms with van der Waals surface area (Å²) in [5.74, 6) is 0.720. The highest BCUT2D eigenvalue weighted by Gasteiger charge is 2.17. The molecule has 1 aromatic carbocycles. The first kappa shape index (κ1) is 13.2. The predicted octanol–water partition coefficient (Wildman–Crippen LogP) is 3.50. The number of benzene rings is 1. The molecule has 2 aromatic heterocycles. The van der Waals surface area contributed by atoms with Crippen molar-refractivity contribution in [2.24, 2.45) is 0 Å². The van der Waals surface area contributed by atoms with Crippen LogP contribution in [0.25, 0.3) is 16.9 Å². The van der Waals surface area contributed by atoms with Crippen LogP contribution in [0.2, 0.25) is 0 Å². The van der Waals surface area contributed by atoms with Crippen LogP contribution in [0.15, 0.2) is 36.5 Å². The van der Waals surface area contributed by atoms with Gasteiger partial charge in [0.05, 0.1) is 7.11 Å². The van der Waals surface area contributed by atoms with Gasteiger partial charge in [0.2, 0.25) is 0 Å². The maximum atomic E-state index is 9.54. The van der Waals surface area contributed by atoms with E-state index in [1.54, 1.807) is 7.11 Å². The first-order chi connectivity index (χ1) is 10.1. The average Bonchev–Trinajstić information content (AvgIpc) is 2.84.